The van der Waals surface area contributed by atoms with Crippen LogP contribution in [0.5, 0.6) is 11.5 Å². The fourth-order valence-corrected chi connectivity index (χ4v) is 4.66. The summed E-state index contributed by atoms with van der Waals surface area (Å²) in [7, 11) is 4.80. The van der Waals surface area contributed by atoms with Gasteiger partial charge in [-0.05, 0) is 48.7 Å². The van der Waals surface area contributed by atoms with Crippen molar-refractivity contribution < 1.29 is 33.3 Å². The molecule has 0 radical (unpaired) electrons. The Kier molecular flexibility index (Phi) is 8.62. The van der Waals surface area contributed by atoms with Crippen molar-refractivity contribution in [1.29, 1.82) is 0 Å². The standard InChI is InChI=1S/C27H33N3O7/c1-30-22-10-9-20(13-25(31)28-14-17-4-7-19(35-3)8-5-17)37-24(22)15-36-23-11-6-18(12-21(23)27(30)33)29-26(32)16-34-2/h4-8,11-12,20,22,24H,9-10,13-16H2,1-3H3,(H,28,31)(H,29,32)/t20-,22-,24+/m0/s1. The largest absolute Gasteiger partial charge is 0.497 e. The second-order valence-corrected chi connectivity index (χ2v) is 9.19. The van der Waals surface area contributed by atoms with Crippen molar-refractivity contribution in [1.82, 2.24) is 10.2 Å². The van der Waals surface area contributed by atoms with Gasteiger partial charge in [0.05, 0.1) is 31.2 Å². The highest BCUT2D eigenvalue weighted by atomic mass is 16.5. The second kappa shape index (κ2) is 12.1. The molecule has 10 nitrogen and oxygen atoms in total. The molecule has 0 saturated carbocycles. The van der Waals surface area contributed by atoms with E-state index in [0.29, 0.717) is 36.4 Å². The van der Waals surface area contributed by atoms with Gasteiger partial charge in [-0.25, -0.2) is 0 Å². The maximum atomic E-state index is 13.3. The van der Waals surface area contributed by atoms with Crippen molar-refractivity contribution >= 4 is 23.4 Å². The van der Waals surface area contributed by atoms with Gasteiger partial charge in [-0.2, -0.15) is 0 Å². The molecule has 0 aromatic heterocycles. The van der Waals surface area contributed by atoms with Gasteiger partial charge < -0.3 is 34.5 Å². The summed E-state index contributed by atoms with van der Waals surface area (Å²) in [6.45, 7) is 0.588. The van der Waals surface area contributed by atoms with Crippen molar-refractivity contribution in [3.63, 3.8) is 0 Å². The van der Waals surface area contributed by atoms with Crippen LogP contribution in [0.4, 0.5) is 5.69 Å². The van der Waals surface area contributed by atoms with Gasteiger partial charge in [-0.1, -0.05) is 12.1 Å². The third kappa shape index (κ3) is 6.58. The average molecular weight is 512 g/mol. The lowest BCUT2D eigenvalue weighted by atomic mass is 9.94. The molecular formula is C27H33N3O7. The monoisotopic (exact) mass is 511 g/mol. The summed E-state index contributed by atoms with van der Waals surface area (Å²) in [5.74, 6) is 0.565. The Morgan fingerprint density at radius 3 is 2.59 bits per heavy atom. The quantitative estimate of drug-likeness (QED) is 0.559. The number of hydrogen-bond acceptors (Lipinski definition) is 7. The van der Waals surface area contributed by atoms with E-state index in [4.69, 9.17) is 18.9 Å². The predicted molar refractivity (Wildman–Crippen MR) is 136 cm³/mol. The van der Waals surface area contributed by atoms with Gasteiger partial charge >= 0.3 is 0 Å². The van der Waals surface area contributed by atoms with Crippen LogP contribution in [0.25, 0.3) is 0 Å². The van der Waals surface area contributed by atoms with Gasteiger partial charge in [0.25, 0.3) is 5.91 Å². The Hall–Kier alpha value is -3.63. The van der Waals surface area contributed by atoms with E-state index in [9.17, 15) is 14.4 Å². The first kappa shape index (κ1) is 26.4. The maximum Gasteiger partial charge on any atom is 0.257 e. The molecule has 10 heteroatoms. The number of nitrogens with one attached hydrogen (secondary N) is 2. The predicted octanol–water partition coefficient (Wildman–Crippen LogP) is 2.37. The molecule has 2 aromatic rings. The molecular weight excluding hydrogens is 478 g/mol. The van der Waals surface area contributed by atoms with E-state index in [2.05, 4.69) is 10.6 Å². The zero-order chi connectivity index (χ0) is 26.4. The third-order valence-electron chi connectivity index (χ3n) is 6.63. The summed E-state index contributed by atoms with van der Waals surface area (Å²) in [5.41, 5.74) is 1.84. The van der Waals surface area contributed by atoms with Crippen LogP contribution in [-0.4, -0.2) is 75.4 Å². The Morgan fingerprint density at radius 1 is 1.08 bits per heavy atom. The zero-order valence-corrected chi connectivity index (χ0v) is 21.3. The minimum Gasteiger partial charge on any atom is -0.497 e. The first-order chi connectivity index (χ1) is 17.9. The van der Waals surface area contributed by atoms with E-state index in [0.717, 1.165) is 11.3 Å². The first-order valence-electron chi connectivity index (χ1n) is 12.3. The number of methoxy groups -OCH3 is 2. The Balaban J connectivity index is 1.35. The molecule has 2 heterocycles. The van der Waals surface area contributed by atoms with Gasteiger partial charge in [0.2, 0.25) is 11.8 Å². The highest BCUT2D eigenvalue weighted by Crippen LogP contribution is 2.32. The van der Waals surface area contributed by atoms with Crippen molar-refractivity contribution in [2.45, 2.75) is 44.1 Å². The minimum absolute atomic E-state index is 0.0802. The summed E-state index contributed by atoms with van der Waals surface area (Å²) in [6, 6.07) is 12.3. The zero-order valence-electron chi connectivity index (χ0n) is 21.3. The minimum atomic E-state index is -0.365. The summed E-state index contributed by atoms with van der Waals surface area (Å²) in [5, 5.41) is 5.65. The fourth-order valence-electron chi connectivity index (χ4n) is 4.66. The van der Waals surface area contributed by atoms with E-state index >= 15 is 0 Å². The first-order valence-corrected chi connectivity index (χ1v) is 12.3. The lowest BCUT2D eigenvalue weighted by Gasteiger charge is -2.42. The highest BCUT2D eigenvalue weighted by Gasteiger charge is 2.39. The Bertz CT molecular complexity index is 1120. The number of fused-ring (bicyclic) bond motifs is 2. The lowest BCUT2D eigenvalue weighted by Crippen LogP contribution is -2.53. The maximum absolute atomic E-state index is 13.3. The molecule has 37 heavy (non-hydrogen) atoms. The van der Waals surface area contributed by atoms with E-state index in [1.165, 1.54) is 7.11 Å². The summed E-state index contributed by atoms with van der Waals surface area (Å²) in [4.78, 5) is 39.4. The van der Waals surface area contributed by atoms with Crippen LogP contribution in [-0.2, 0) is 25.6 Å². The summed E-state index contributed by atoms with van der Waals surface area (Å²) < 4.78 is 22.2. The second-order valence-electron chi connectivity index (χ2n) is 9.19. The molecule has 0 bridgehead atoms. The van der Waals surface area contributed by atoms with Crippen molar-refractivity contribution in [3.05, 3.63) is 53.6 Å². The smallest absolute Gasteiger partial charge is 0.257 e. The molecule has 1 saturated heterocycles. The molecule has 0 spiro atoms. The summed E-state index contributed by atoms with van der Waals surface area (Å²) >= 11 is 0. The molecule has 2 N–H and O–H groups in total. The van der Waals surface area contributed by atoms with Crippen LogP contribution in [0.2, 0.25) is 0 Å². The van der Waals surface area contributed by atoms with Crippen molar-refractivity contribution in [3.8, 4) is 11.5 Å². The van der Waals surface area contributed by atoms with Crippen LogP contribution in [0.1, 0.15) is 35.2 Å². The van der Waals surface area contributed by atoms with Crippen LogP contribution < -0.4 is 20.1 Å². The number of carbonyl (C=O) groups excluding carboxylic acids is 3. The normalized spacial score (nSPS) is 21.0. The summed E-state index contributed by atoms with van der Waals surface area (Å²) in [6.07, 6.45) is 0.942. The average Bonchev–Trinajstić information content (AvgIpc) is 2.90. The number of carbonyl (C=O) groups is 3. The third-order valence-corrected chi connectivity index (χ3v) is 6.63. The number of rotatable bonds is 8. The van der Waals surface area contributed by atoms with E-state index in [1.54, 1.807) is 37.3 Å². The molecule has 0 aliphatic carbocycles. The Labute approximate surface area is 216 Å². The highest BCUT2D eigenvalue weighted by molar-refractivity contribution is 6.00. The fraction of sp³-hybridized carbons (Fsp3) is 0.444. The van der Waals surface area contributed by atoms with Crippen LogP contribution in [0, 0.1) is 0 Å². The lowest BCUT2D eigenvalue weighted by molar-refractivity contribution is -0.134. The molecule has 3 atom stereocenters. The van der Waals surface area contributed by atoms with Crippen LogP contribution >= 0.6 is 0 Å². The van der Waals surface area contributed by atoms with Gasteiger partial charge in [-0.3, -0.25) is 14.4 Å². The topological polar surface area (TPSA) is 115 Å². The molecule has 2 aromatic carbocycles. The molecule has 4 rings (SSSR count). The number of amides is 3. The van der Waals surface area contributed by atoms with Gasteiger partial charge in [0.1, 0.15) is 30.8 Å². The van der Waals surface area contributed by atoms with Gasteiger partial charge in [0.15, 0.2) is 0 Å². The number of likely N-dealkylation sites (N-methyl/N-ethyl adjacent to an activating group) is 1. The molecule has 1 fully saturated rings. The number of anilines is 1. The molecule has 198 valence electrons. The van der Waals surface area contributed by atoms with Crippen molar-refractivity contribution in [2.75, 3.05) is 39.8 Å². The van der Waals surface area contributed by atoms with E-state index in [1.807, 2.05) is 24.3 Å². The number of hydrogen-bond donors (Lipinski definition) is 2. The van der Waals surface area contributed by atoms with Crippen LogP contribution in [0.3, 0.4) is 0 Å². The molecule has 2 aliphatic rings. The molecule has 3 amide bonds. The van der Waals surface area contributed by atoms with Gasteiger partial charge in [-0.15, -0.1) is 0 Å². The molecule has 0 unspecified atom stereocenters. The van der Waals surface area contributed by atoms with E-state index < -0.39 is 0 Å². The molecule has 2 aliphatic heterocycles. The van der Waals surface area contributed by atoms with E-state index in [-0.39, 0.29) is 55.6 Å². The number of ether oxygens (including phenoxy) is 4. The number of benzene rings is 2. The Morgan fingerprint density at radius 2 is 1.86 bits per heavy atom. The number of nitrogens with zero attached hydrogens (tertiary/aromatic N) is 1. The SMILES string of the molecule is COCC(=O)Nc1ccc2c(c1)C(=O)N(C)[C@H]1CC[C@@H](CC(=O)NCc3ccc(OC)cc3)O[C@@H]1CO2. The van der Waals surface area contributed by atoms with Crippen LogP contribution in [0.15, 0.2) is 42.5 Å². The van der Waals surface area contributed by atoms with Crippen molar-refractivity contribution in [2.24, 2.45) is 0 Å². The van der Waals surface area contributed by atoms with Gasteiger partial charge in [0, 0.05) is 26.4 Å².